The van der Waals surface area contributed by atoms with Crippen molar-refractivity contribution in [2.24, 2.45) is 7.05 Å². The van der Waals surface area contributed by atoms with E-state index in [1.807, 2.05) is 6.92 Å². The smallest absolute Gasteiger partial charge is 0.339 e. The van der Waals surface area contributed by atoms with Crippen LogP contribution in [-0.2, 0) is 11.8 Å². The Balaban J connectivity index is 2.10. The van der Waals surface area contributed by atoms with Gasteiger partial charge in [0.2, 0.25) is 0 Å². The van der Waals surface area contributed by atoms with Gasteiger partial charge in [0.1, 0.15) is 5.56 Å². The maximum atomic E-state index is 12.2. The standard InChI is InChI=1S/C16H17N3O5/c1-3-8-24-16(23)10-4-6-11(7-5-10)17-14(20)13-12(15(21)22)9-19(2)18-13/h4-7,9H,3,8H2,1-2H3,(H,17,20)(H,21,22). The van der Waals surface area contributed by atoms with Crippen molar-refractivity contribution in [3.63, 3.8) is 0 Å². The van der Waals surface area contributed by atoms with Gasteiger partial charge in [0.05, 0.1) is 12.2 Å². The fourth-order valence-corrected chi connectivity index (χ4v) is 1.97. The second-order valence-corrected chi connectivity index (χ2v) is 5.04. The summed E-state index contributed by atoms with van der Waals surface area (Å²) in [6, 6.07) is 6.10. The zero-order chi connectivity index (χ0) is 17.7. The largest absolute Gasteiger partial charge is 0.478 e. The van der Waals surface area contributed by atoms with Crippen molar-refractivity contribution in [3.8, 4) is 0 Å². The highest BCUT2D eigenvalue weighted by molar-refractivity contribution is 6.09. The molecule has 1 aromatic carbocycles. The summed E-state index contributed by atoms with van der Waals surface area (Å²) in [4.78, 5) is 35.0. The lowest BCUT2D eigenvalue weighted by atomic mass is 10.2. The minimum atomic E-state index is -1.23. The number of hydrogen-bond acceptors (Lipinski definition) is 5. The highest BCUT2D eigenvalue weighted by atomic mass is 16.5. The minimum absolute atomic E-state index is 0.184. The van der Waals surface area contributed by atoms with Crippen LogP contribution >= 0.6 is 0 Å². The summed E-state index contributed by atoms with van der Waals surface area (Å²) >= 11 is 0. The van der Waals surface area contributed by atoms with E-state index in [2.05, 4.69) is 10.4 Å². The molecule has 2 aromatic rings. The third-order valence-electron chi connectivity index (χ3n) is 3.09. The maximum absolute atomic E-state index is 12.2. The molecule has 0 atom stereocenters. The van der Waals surface area contributed by atoms with Crippen molar-refractivity contribution in [2.45, 2.75) is 13.3 Å². The van der Waals surface area contributed by atoms with E-state index >= 15 is 0 Å². The predicted molar refractivity (Wildman–Crippen MR) is 85.1 cm³/mol. The van der Waals surface area contributed by atoms with Crippen LogP contribution in [0, 0.1) is 0 Å². The van der Waals surface area contributed by atoms with Gasteiger partial charge in [-0.1, -0.05) is 6.92 Å². The molecular formula is C16H17N3O5. The van der Waals surface area contributed by atoms with Gasteiger partial charge in [-0.25, -0.2) is 9.59 Å². The molecule has 0 aliphatic rings. The zero-order valence-corrected chi connectivity index (χ0v) is 13.3. The molecule has 0 radical (unpaired) electrons. The summed E-state index contributed by atoms with van der Waals surface area (Å²) in [5.41, 5.74) is 0.408. The van der Waals surface area contributed by atoms with Gasteiger partial charge >= 0.3 is 11.9 Å². The Kier molecular flexibility index (Phi) is 5.31. The molecule has 8 nitrogen and oxygen atoms in total. The molecule has 0 spiro atoms. The van der Waals surface area contributed by atoms with Gasteiger partial charge in [-0.15, -0.1) is 0 Å². The normalized spacial score (nSPS) is 10.2. The number of aryl methyl sites for hydroxylation is 1. The second-order valence-electron chi connectivity index (χ2n) is 5.04. The summed E-state index contributed by atoms with van der Waals surface area (Å²) in [6.45, 7) is 2.24. The van der Waals surface area contributed by atoms with Crippen LogP contribution in [0.3, 0.4) is 0 Å². The quantitative estimate of drug-likeness (QED) is 0.783. The van der Waals surface area contributed by atoms with Crippen LogP contribution in [0.5, 0.6) is 0 Å². The highest BCUT2D eigenvalue weighted by Gasteiger charge is 2.21. The van der Waals surface area contributed by atoms with Gasteiger partial charge < -0.3 is 15.2 Å². The van der Waals surface area contributed by atoms with Gasteiger partial charge in [0.15, 0.2) is 5.69 Å². The molecule has 2 N–H and O–H groups in total. The van der Waals surface area contributed by atoms with E-state index < -0.39 is 17.8 Å². The first-order valence-electron chi connectivity index (χ1n) is 7.27. The van der Waals surface area contributed by atoms with E-state index in [1.165, 1.54) is 42.2 Å². The molecule has 8 heteroatoms. The Morgan fingerprint density at radius 3 is 2.50 bits per heavy atom. The number of nitrogens with one attached hydrogen (secondary N) is 1. The fourth-order valence-electron chi connectivity index (χ4n) is 1.97. The minimum Gasteiger partial charge on any atom is -0.478 e. The first-order valence-corrected chi connectivity index (χ1v) is 7.27. The first-order chi connectivity index (χ1) is 11.4. The Morgan fingerprint density at radius 2 is 1.92 bits per heavy atom. The molecule has 1 aromatic heterocycles. The van der Waals surface area contributed by atoms with Crippen molar-refractivity contribution in [3.05, 3.63) is 47.3 Å². The number of anilines is 1. The molecule has 126 valence electrons. The van der Waals surface area contributed by atoms with Gasteiger partial charge in [-0.2, -0.15) is 5.10 Å². The van der Waals surface area contributed by atoms with Crippen molar-refractivity contribution in [2.75, 3.05) is 11.9 Å². The van der Waals surface area contributed by atoms with Crippen LogP contribution in [0.25, 0.3) is 0 Å². The lowest BCUT2D eigenvalue weighted by Gasteiger charge is -2.06. The van der Waals surface area contributed by atoms with Crippen LogP contribution in [-0.4, -0.2) is 39.3 Å². The number of aromatic carboxylic acids is 1. The molecule has 24 heavy (non-hydrogen) atoms. The zero-order valence-electron chi connectivity index (χ0n) is 13.3. The molecule has 1 heterocycles. The summed E-state index contributed by atoms with van der Waals surface area (Å²) < 4.78 is 6.26. The van der Waals surface area contributed by atoms with Gasteiger partial charge in [-0.3, -0.25) is 9.48 Å². The molecule has 0 bridgehead atoms. The monoisotopic (exact) mass is 331 g/mol. The van der Waals surface area contributed by atoms with Crippen molar-refractivity contribution in [1.29, 1.82) is 0 Å². The number of amides is 1. The molecule has 1 amide bonds. The Hall–Kier alpha value is -3.16. The number of carboxylic acids is 1. The van der Waals surface area contributed by atoms with Crippen molar-refractivity contribution < 1.29 is 24.2 Å². The van der Waals surface area contributed by atoms with Crippen LogP contribution in [0.2, 0.25) is 0 Å². The predicted octanol–water partition coefficient (Wildman–Crippen LogP) is 1.94. The van der Waals surface area contributed by atoms with Gasteiger partial charge in [0, 0.05) is 18.9 Å². The summed E-state index contributed by atoms with van der Waals surface area (Å²) in [6.07, 6.45) is 1.99. The van der Waals surface area contributed by atoms with E-state index in [9.17, 15) is 14.4 Å². The number of carboxylic acid groups (broad SMARTS) is 1. The number of aromatic nitrogens is 2. The molecule has 0 aliphatic carbocycles. The number of carbonyl (C=O) groups is 3. The fraction of sp³-hybridized carbons (Fsp3) is 0.250. The Labute approximate surface area is 138 Å². The molecule has 0 unspecified atom stereocenters. The van der Waals surface area contributed by atoms with Crippen LogP contribution in [0.1, 0.15) is 44.5 Å². The van der Waals surface area contributed by atoms with Crippen LogP contribution < -0.4 is 5.32 Å². The number of nitrogens with zero attached hydrogens (tertiary/aromatic N) is 2. The van der Waals surface area contributed by atoms with E-state index in [4.69, 9.17) is 9.84 Å². The van der Waals surface area contributed by atoms with Crippen molar-refractivity contribution >= 4 is 23.5 Å². The number of hydrogen-bond donors (Lipinski definition) is 2. The first kappa shape index (κ1) is 17.2. The SMILES string of the molecule is CCCOC(=O)c1ccc(NC(=O)c2nn(C)cc2C(=O)O)cc1. The summed E-state index contributed by atoms with van der Waals surface area (Å²) in [5, 5.41) is 15.5. The van der Waals surface area contributed by atoms with Crippen molar-refractivity contribution in [1.82, 2.24) is 9.78 Å². The topological polar surface area (TPSA) is 111 Å². The van der Waals surface area contributed by atoms with E-state index in [-0.39, 0.29) is 11.3 Å². The molecule has 0 aliphatic heterocycles. The third kappa shape index (κ3) is 3.97. The van der Waals surface area contributed by atoms with Crippen LogP contribution in [0.15, 0.2) is 30.5 Å². The lowest BCUT2D eigenvalue weighted by Crippen LogP contribution is -2.16. The van der Waals surface area contributed by atoms with Gasteiger partial charge in [0.25, 0.3) is 5.91 Å². The summed E-state index contributed by atoms with van der Waals surface area (Å²) in [5.74, 6) is -2.32. The number of carbonyl (C=O) groups excluding carboxylic acids is 2. The third-order valence-corrected chi connectivity index (χ3v) is 3.09. The molecule has 0 saturated carbocycles. The molecule has 0 saturated heterocycles. The average Bonchev–Trinajstić information content (AvgIpc) is 2.95. The van der Waals surface area contributed by atoms with Gasteiger partial charge in [-0.05, 0) is 30.7 Å². The molecule has 0 fully saturated rings. The highest BCUT2D eigenvalue weighted by Crippen LogP contribution is 2.14. The molecular weight excluding hydrogens is 314 g/mol. The van der Waals surface area contributed by atoms with Crippen LogP contribution in [0.4, 0.5) is 5.69 Å². The second kappa shape index (κ2) is 7.40. The number of rotatable bonds is 6. The number of esters is 1. The van der Waals surface area contributed by atoms with E-state index in [0.717, 1.165) is 6.42 Å². The average molecular weight is 331 g/mol. The van der Waals surface area contributed by atoms with E-state index in [0.29, 0.717) is 17.9 Å². The molecule has 2 rings (SSSR count). The number of ether oxygens (including phenoxy) is 1. The Morgan fingerprint density at radius 1 is 1.25 bits per heavy atom. The summed E-state index contributed by atoms with van der Waals surface area (Å²) in [7, 11) is 1.53. The lowest BCUT2D eigenvalue weighted by molar-refractivity contribution is 0.0504. The number of benzene rings is 1. The Bertz CT molecular complexity index is 765. The van der Waals surface area contributed by atoms with E-state index in [1.54, 1.807) is 0 Å². The maximum Gasteiger partial charge on any atom is 0.339 e.